The molecule has 0 fully saturated rings. The standard InChI is InChI=1S/C7H5ClFN3/c1-4-7(9)12-6(10-4)3-2-5(8)11-12/h2-3H,1H3. The Morgan fingerprint density at radius 3 is 3.00 bits per heavy atom. The molecule has 0 bridgehead atoms. The van der Waals surface area contributed by atoms with Gasteiger partial charge >= 0.3 is 0 Å². The Balaban J connectivity index is 2.88. The largest absolute Gasteiger partial charge is 0.237 e. The van der Waals surface area contributed by atoms with E-state index in [4.69, 9.17) is 11.6 Å². The third-order valence-electron chi connectivity index (χ3n) is 1.55. The lowest BCUT2D eigenvalue weighted by atomic mass is 10.5. The van der Waals surface area contributed by atoms with E-state index in [1.807, 2.05) is 0 Å². The lowest BCUT2D eigenvalue weighted by molar-refractivity contribution is 0.541. The molecular weight excluding hydrogens is 181 g/mol. The van der Waals surface area contributed by atoms with Crippen molar-refractivity contribution in [2.45, 2.75) is 6.92 Å². The van der Waals surface area contributed by atoms with Crippen LogP contribution in [-0.4, -0.2) is 14.6 Å². The zero-order chi connectivity index (χ0) is 8.72. The van der Waals surface area contributed by atoms with E-state index in [0.717, 1.165) is 4.52 Å². The number of nitrogens with zero attached hydrogens (tertiary/aromatic N) is 3. The second-order valence-electron chi connectivity index (χ2n) is 2.41. The molecule has 3 nitrogen and oxygen atoms in total. The third-order valence-corrected chi connectivity index (χ3v) is 1.75. The van der Waals surface area contributed by atoms with Gasteiger partial charge in [-0.1, -0.05) is 11.6 Å². The second kappa shape index (κ2) is 2.42. The minimum absolute atomic E-state index is 0.249. The highest BCUT2D eigenvalue weighted by Crippen LogP contribution is 2.10. The summed E-state index contributed by atoms with van der Waals surface area (Å²) in [5.41, 5.74) is 0.791. The highest BCUT2D eigenvalue weighted by molar-refractivity contribution is 6.29. The molecule has 62 valence electrons. The highest BCUT2D eigenvalue weighted by Gasteiger charge is 2.08. The Morgan fingerprint density at radius 1 is 1.50 bits per heavy atom. The average Bonchev–Trinajstić information content (AvgIpc) is 2.31. The van der Waals surface area contributed by atoms with Crippen LogP contribution in [0.3, 0.4) is 0 Å². The predicted molar refractivity (Wildman–Crippen MR) is 42.7 cm³/mol. The quantitative estimate of drug-likeness (QED) is 0.627. The van der Waals surface area contributed by atoms with E-state index < -0.39 is 5.95 Å². The molecule has 0 N–H and O–H groups in total. The van der Waals surface area contributed by atoms with Crippen molar-refractivity contribution in [1.82, 2.24) is 14.6 Å². The molecule has 2 heterocycles. The number of halogens is 2. The number of hydrogen-bond donors (Lipinski definition) is 0. The molecule has 0 aromatic carbocycles. The number of hydrogen-bond acceptors (Lipinski definition) is 2. The minimum Gasteiger partial charge on any atom is -0.229 e. The molecule has 0 atom stereocenters. The summed E-state index contributed by atoms with van der Waals surface area (Å²) in [5, 5.41) is 3.99. The van der Waals surface area contributed by atoms with Crippen LogP contribution in [0.1, 0.15) is 5.69 Å². The molecule has 0 amide bonds. The van der Waals surface area contributed by atoms with Gasteiger partial charge in [0.25, 0.3) is 0 Å². The van der Waals surface area contributed by atoms with Crippen LogP contribution in [0.15, 0.2) is 12.1 Å². The number of fused-ring (bicyclic) bond motifs is 1. The van der Waals surface area contributed by atoms with Gasteiger partial charge in [-0.25, -0.2) is 4.98 Å². The first-order valence-electron chi connectivity index (χ1n) is 3.36. The zero-order valence-corrected chi connectivity index (χ0v) is 7.01. The molecule has 0 saturated carbocycles. The van der Waals surface area contributed by atoms with Crippen molar-refractivity contribution in [3.05, 3.63) is 28.9 Å². The van der Waals surface area contributed by atoms with Gasteiger partial charge in [0.2, 0.25) is 5.95 Å². The van der Waals surface area contributed by atoms with Crippen molar-refractivity contribution in [3.8, 4) is 0 Å². The molecule has 2 rings (SSSR count). The van der Waals surface area contributed by atoms with Gasteiger partial charge in [0.05, 0.1) is 5.69 Å². The van der Waals surface area contributed by atoms with Crippen LogP contribution in [0.2, 0.25) is 5.15 Å². The van der Waals surface area contributed by atoms with E-state index in [9.17, 15) is 4.39 Å². The fourth-order valence-corrected chi connectivity index (χ4v) is 1.13. The Kier molecular flexibility index (Phi) is 1.51. The number of aromatic nitrogens is 3. The zero-order valence-electron chi connectivity index (χ0n) is 6.25. The van der Waals surface area contributed by atoms with Crippen LogP contribution in [0.25, 0.3) is 5.65 Å². The second-order valence-corrected chi connectivity index (χ2v) is 2.80. The van der Waals surface area contributed by atoms with E-state index in [-0.39, 0.29) is 5.15 Å². The number of aryl methyl sites for hydroxylation is 1. The smallest absolute Gasteiger partial charge is 0.229 e. The summed E-state index contributed by atoms with van der Waals surface area (Å²) in [6.45, 7) is 1.58. The summed E-state index contributed by atoms with van der Waals surface area (Å²) in [6, 6.07) is 3.19. The normalized spacial score (nSPS) is 10.9. The lowest BCUT2D eigenvalue weighted by Crippen LogP contribution is -1.94. The van der Waals surface area contributed by atoms with Crippen molar-refractivity contribution in [2.24, 2.45) is 0 Å². The van der Waals surface area contributed by atoms with Crippen molar-refractivity contribution in [3.63, 3.8) is 0 Å². The maximum atomic E-state index is 13.1. The van der Waals surface area contributed by atoms with Gasteiger partial charge in [0.15, 0.2) is 5.65 Å². The van der Waals surface area contributed by atoms with E-state index in [0.29, 0.717) is 11.3 Å². The fraction of sp³-hybridized carbons (Fsp3) is 0.143. The van der Waals surface area contributed by atoms with Gasteiger partial charge in [0.1, 0.15) is 5.15 Å². The molecule has 0 saturated heterocycles. The van der Waals surface area contributed by atoms with Crippen LogP contribution in [0, 0.1) is 12.9 Å². The van der Waals surface area contributed by atoms with Crippen LogP contribution in [-0.2, 0) is 0 Å². The summed E-state index contributed by atoms with van der Waals surface area (Å²) in [5.74, 6) is -0.465. The topological polar surface area (TPSA) is 30.2 Å². The number of imidazole rings is 1. The monoisotopic (exact) mass is 185 g/mol. The molecule has 0 radical (unpaired) electrons. The Bertz CT molecular complexity index is 437. The van der Waals surface area contributed by atoms with E-state index in [2.05, 4.69) is 10.1 Å². The predicted octanol–water partition coefficient (Wildman–Crippen LogP) is 1.83. The van der Waals surface area contributed by atoms with Crippen LogP contribution >= 0.6 is 11.6 Å². The van der Waals surface area contributed by atoms with Crippen molar-refractivity contribution in [2.75, 3.05) is 0 Å². The molecule has 0 aliphatic rings. The maximum absolute atomic E-state index is 13.1. The fourth-order valence-electron chi connectivity index (χ4n) is 0.994. The molecule has 2 aromatic heterocycles. The minimum atomic E-state index is -0.465. The average molecular weight is 186 g/mol. The van der Waals surface area contributed by atoms with E-state index >= 15 is 0 Å². The van der Waals surface area contributed by atoms with Crippen molar-refractivity contribution >= 4 is 17.2 Å². The SMILES string of the molecule is Cc1nc2ccc(Cl)nn2c1F. The van der Waals surface area contributed by atoms with Crippen molar-refractivity contribution in [1.29, 1.82) is 0 Å². The first-order valence-corrected chi connectivity index (χ1v) is 3.73. The Hall–Kier alpha value is -1.16. The molecule has 0 aliphatic heterocycles. The van der Waals surface area contributed by atoms with Gasteiger partial charge in [-0.3, -0.25) is 0 Å². The summed E-state index contributed by atoms with van der Waals surface area (Å²) in [4.78, 5) is 3.92. The van der Waals surface area contributed by atoms with E-state index in [1.165, 1.54) is 0 Å². The maximum Gasteiger partial charge on any atom is 0.237 e. The first-order chi connectivity index (χ1) is 5.68. The van der Waals surface area contributed by atoms with Crippen LogP contribution in [0.4, 0.5) is 4.39 Å². The third kappa shape index (κ3) is 0.956. The van der Waals surface area contributed by atoms with Gasteiger partial charge in [-0.15, -0.1) is 0 Å². The molecule has 0 aliphatic carbocycles. The first kappa shape index (κ1) is 7.49. The summed E-state index contributed by atoms with van der Waals surface area (Å²) < 4.78 is 14.2. The molecule has 5 heteroatoms. The summed E-state index contributed by atoms with van der Waals surface area (Å²) in [7, 11) is 0. The molecular formula is C7H5ClFN3. The highest BCUT2D eigenvalue weighted by atomic mass is 35.5. The number of rotatable bonds is 0. The van der Waals surface area contributed by atoms with Crippen LogP contribution < -0.4 is 0 Å². The molecule has 2 aromatic rings. The van der Waals surface area contributed by atoms with Gasteiger partial charge < -0.3 is 0 Å². The van der Waals surface area contributed by atoms with E-state index in [1.54, 1.807) is 19.1 Å². The van der Waals surface area contributed by atoms with Crippen LogP contribution in [0.5, 0.6) is 0 Å². The Morgan fingerprint density at radius 2 is 2.25 bits per heavy atom. The molecule has 12 heavy (non-hydrogen) atoms. The molecule has 0 spiro atoms. The Labute approximate surface area is 72.8 Å². The van der Waals surface area contributed by atoms with Gasteiger partial charge in [-0.2, -0.15) is 14.0 Å². The summed E-state index contributed by atoms with van der Waals surface area (Å²) >= 11 is 5.57. The summed E-state index contributed by atoms with van der Waals surface area (Å²) in [6.07, 6.45) is 0. The molecule has 0 unspecified atom stereocenters. The van der Waals surface area contributed by atoms with Crippen molar-refractivity contribution < 1.29 is 4.39 Å². The van der Waals surface area contributed by atoms with Gasteiger partial charge in [-0.05, 0) is 19.1 Å². The van der Waals surface area contributed by atoms with Gasteiger partial charge in [0, 0.05) is 0 Å². The lowest BCUT2D eigenvalue weighted by Gasteiger charge is -1.91.